The fourth-order valence-corrected chi connectivity index (χ4v) is 7.87. The van der Waals surface area contributed by atoms with Crippen LogP contribution in [0, 0.1) is 25.2 Å². The van der Waals surface area contributed by atoms with Gasteiger partial charge in [0.1, 0.15) is 6.07 Å². The highest BCUT2D eigenvalue weighted by molar-refractivity contribution is 9.10. The number of carboxylic acids is 1. The number of esters is 1. The van der Waals surface area contributed by atoms with E-state index in [9.17, 15) is 20.0 Å². The zero-order valence-electron chi connectivity index (χ0n) is 34.0. The van der Waals surface area contributed by atoms with Gasteiger partial charge in [0.05, 0.1) is 23.9 Å². The summed E-state index contributed by atoms with van der Waals surface area (Å²) < 4.78 is 18.3. The average molecular weight is 884 g/mol. The first kappa shape index (κ1) is 44.4. The monoisotopic (exact) mass is 881 g/mol. The van der Waals surface area contributed by atoms with Gasteiger partial charge >= 0.3 is 11.9 Å². The predicted octanol–water partition coefficient (Wildman–Crippen LogP) is 13.5. The molecule has 6 rings (SSSR count). The predicted molar refractivity (Wildman–Crippen MR) is 237 cm³/mol. The molecule has 7 nitrogen and oxygen atoms in total. The molecular formula is C48H46BrCl2NO6. The van der Waals surface area contributed by atoms with Gasteiger partial charge in [0.2, 0.25) is 0 Å². The number of aliphatic carboxylic acids is 1. The molecule has 0 spiro atoms. The number of fused-ring (bicyclic) bond motifs is 2. The topological polar surface area (TPSA) is 106 Å². The van der Waals surface area contributed by atoms with Gasteiger partial charge in [-0.3, -0.25) is 0 Å². The van der Waals surface area contributed by atoms with Gasteiger partial charge in [-0.25, -0.2) is 9.59 Å². The van der Waals surface area contributed by atoms with E-state index < -0.39 is 35.3 Å². The summed E-state index contributed by atoms with van der Waals surface area (Å²) in [6.45, 7) is 15.0. The second-order valence-corrected chi connectivity index (χ2v) is 17.5. The molecule has 0 bridgehead atoms. The number of rotatable bonds is 8. The molecule has 2 unspecified atom stereocenters. The normalized spacial score (nSPS) is 12.7. The number of hydrogen-bond acceptors (Lipinski definition) is 6. The number of halogens is 3. The number of carbonyl (C=O) groups excluding carboxylic acids is 1. The molecule has 1 N–H and O–H groups in total. The Balaban J connectivity index is 0.000000221. The van der Waals surface area contributed by atoms with Gasteiger partial charge in [-0.15, -0.1) is 0 Å². The number of benzene rings is 6. The van der Waals surface area contributed by atoms with Crippen LogP contribution in [-0.4, -0.2) is 35.4 Å². The third-order valence-electron chi connectivity index (χ3n) is 9.43. The second kappa shape index (κ2) is 18.0. The Labute approximate surface area is 358 Å². The summed E-state index contributed by atoms with van der Waals surface area (Å²) >= 11 is 15.9. The largest absolute Gasteiger partial charge is 0.479 e. The van der Waals surface area contributed by atoms with Gasteiger partial charge in [-0.2, -0.15) is 5.26 Å². The van der Waals surface area contributed by atoms with Crippen molar-refractivity contribution in [3.8, 4) is 28.3 Å². The molecule has 300 valence electrons. The van der Waals surface area contributed by atoms with Crippen LogP contribution in [0.2, 0.25) is 10.0 Å². The average Bonchev–Trinajstić information content (AvgIpc) is 3.17. The van der Waals surface area contributed by atoms with Gasteiger partial charge in [0.15, 0.2) is 12.2 Å². The van der Waals surface area contributed by atoms with Crippen molar-refractivity contribution in [2.45, 2.75) is 78.8 Å². The van der Waals surface area contributed by atoms with Crippen molar-refractivity contribution in [2.24, 2.45) is 0 Å². The lowest BCUT2D eigenvalue weighted by molar-refractivity contribution is -0.164. The lowest BCUT2D eigenvalue weighted by atomic mass is 9.84. The van der Waals surface area contributed by atoms with Crippen LogP contribution in [0.5, 0.6) is 0 Å². The first-order valence-electron chi connectivity index (χ1n) is 18.6. The molecule has 0 aliphatic carbocycles. The van der Waals surface area contributed by atoms with Crippen molar-refractivity contribution in [3.05, 3.63) is 139 Å². The number of carbonyl (C=O) groups is 2. The van der Waals surface area contributed by atoms with Crippen molar-refractivity contribution in [3.63, 3.8) is 0 Å². The van der Waals surface area contributed by atoms with Crippen molar-refractivity contribution < 1.29 is 28.9 Å². The van der Waals surface area contributed by atoms with E-state index in [1.165, 1.54) is 7.11 Å². The van der Waals surface area contributed by atoms with Crippen molar-refractivity contribution in [2.75, 3.05) is 7.11 Å². The quantitative estimate of drug-likeness (QED) is 0.152. The zero-order chi connectivity index (χ0) is 42.7. The van der Waals surface area contributed by atoms with Crippen LogP contribution in [0.15, 0.2) is 102 Å². The highest BCUT2D eigenvalue weighted by atomic mass is 79.9. The standard InChI is InChI=1S/C24H24BrClO3.C24H22ClNO3/c1-14-19(22(23(27)28-5)29-24(2,3)4)20(15-10-12-16(26)13-11-15)17-8-6-7-9-18(17)21(14)25;1-14-19(13-26)17-7-5-6-8-18(17)21(15-9-11-16(25)12-10-15)20(14)22(23(27)28)29-24(2,3)4/h6-13,22H,1-5H3;5-12,22H,1-4H3,(H,27,28). The molecule has 2 atom stereocenters. The number of methoxy groups -OCH3 is 1. The van der Waals surface area contributed by atoms with Gasteiger partial charge in [-0.1, -0.05) is 96.0 Å². The molecule has 6 aromatic carbocycles. The Hall–Kier alpha value is -4.75. The van der Waals surface area contributed by atoms with Gasteiger partial charge < -0.3 is 19.3 Å². The zero-order valence-corrected chi connectivity index (χ0v) is 37.1. The Morgan fingerprint density at radius 2 is 1.05 bits per heavy atom. The molecule has 0 fully saturated rings. The molecule has 58 heavy (non-hydrogen) atoms. The molecule has 0 saturated heterocycles. The maximum absolute atomic E-state index is 12.8. The smallest absolute Gasteiger partial charge is 0.339 e. The maximum atomic E-state index is 12.8. The van der Waals surface area contributed by atoms with E-state index in [2.05, 4.69) is 34.1 Å². The molecule has 0 aliphatic rings. The van der Waals surface area contributed by atoms with E-state index in [1.807, 2.05) is 121 Å². The van der Waals surface area contributed by atoms with Gasteiger partial charge in [0.25, 0.3) is 0 Å². The first-order valence-corrected chi connectivity index (χ1v) is 20.2. The van der Waals surface area contributed by atoms with E-state index in [0.29, 0.717) is 26.7 Å². The van der Waals surface area contributed by atoms with Crippen molar-refractivity contribution in [1.82, 2.24) is 0 Å². The molecule has 0 saturated carbocycles. The summed E-state index contributed by atoms with van der Waals surface area (Å²) in [7, 11) is 1.38. The van der Waals surface area contributed by atoms with Gasteiger partial charge in [0, 0.05) is 31.0 Å². The molecule has 0 radical (unpaired) electrons. The van der Waals surface area contributed by atoms with E-state index in [0.717, 1.165) is 59.4 Å². The summed E-state index contributed by atoms with van der Waals surface area (Å²) in [4.78, 5) is 25.1. The summed E-state index contributed by atoms with van der Waals surface area (Å²) in [5, 5.41) is 24.8. The first-order chi connectivity index (χ1) is 27.3. The fraction of sp³-hybridized carbons (Fsp3) is 0.271. The molecule has 6 aromatic rings. The number of carboxylic acid groups (broad SMARTS) is 1. The Bertz CT molecular complexity index is 2530. The van der Waals surface area contributed by atoms with Crippen molar-refractivity contribution in [1.29, 1.82) is 5.26 Å². The van der Waals surface area contributed by atoms with Crippen LogP contribution in [0.4, 0.5) is 0 Å². The van der Waals surface area contributed by atoms with Crippen LogP contribution in [-0.2, 0) is 23.8 Å². The van der Waals surface area contributed by atoms with Crippen LogP contribution < -0.4 is 0 Å². The Kier molecular flexibility index (Phi) is 13.8. The second-order valence-electron chi connectivity index (χ2n) is 15.8. The summed E-state index contributed by atoms with van der Waals surface area (Å²) in [5.74, 6) is -1.53. The molecule has 0 amide bonds. The maximum Gasteiger partial charge on any atom is 0.339 e. The highest BCUT2D eigenvalue weighted by Gasteiger charge is 2.35. The van der Waals surface area contributed by atoms with E-state index in [1.54, 1.807) is 19.1 Å². The Morgan fingerprint density at radius 3 is 1.47 bits per heavy atom. The lowest BCUT2D eigenvalue weighted by Gasteiger charge is -2.30. The lowest BCUT2D eigenvalue weighted by Crippen LogP contribution is -2.29. The minimum atomic E-state index is -1.22. The summed E-state index contributed by atoms with van der Waals surface area (Å²) in [6, 6.07) is 32.8. The minimum Gasteiger partial charge on any atom is -0.479 e. The van der Waals surface area contributed by atoms with Crippen LogP contribution >= 0.6 is 39.1 Å². The van der Waals surface area contributed by atoms with Crippen LogP contribution in [0.25, 0.3) is 43.8 Å². The van der Waals surface area contributed by atoms with E-state index in [4.69, 9.17) is 37.4 Å². The highest BCUT2D eigenvalue weighted by Crippen LogP contribution is 2.45. The van der Waals surface area contributed by atoms with Crippen molar-refractivity contribution >= 4 is 72.6 Å². The number of ether oxygens (including phenoxy) is 3. The molecule has 0 aromatic heterocycles. The van der Waals surface area contributed by atoms with E-state index in [-0.39, 0.29) is 0 Å². The SMILES string of the molecule is COC(=O)C(OC(C)(C)C)c1c(C)c(Br)c2ccccc2c1-c1ccc(Cl)cc1.Cc1c(C(OC(C)(C)C)C(=O)O)c(-c2ccc(Cl)cc2)c2ccccc2c1C#N. The van der Waals surface area contributed by atoms with E-state index >= 15 is 0 Å². The van der Waals surface area contributed by atoms with Crippen LogP contribution in [0.1, 0.15) is 81.6 Å². The molecule has 0 aliphatic heterocycles. The summed E-state index contributed by atoms with van der Waals surface area (Å²) in [5.41, 5.74) is 5.51. The summed E-state index contributed by atoms with van der Waals surface area (Å²) in [6.07, 6.45) is -2.09. The van der Waals surface area contributed by atoms with Gasteiger partial charge in [-0.05, 0) is 145 Å². The third-order valence-corrected chi connectivity index (χ3v) is 11.0. The van der Waals surface area contributed by atoms with Crippen LogP contribution in [0.3, 0.4) is 0 Å². The molecule has 10 heteroatoms. The fourth-order valence-electron chi connectivity index (χ4n) is 7.06. The minimum absolute atomic E-state index is 0.430. The number of nitriles is 1. The molecule has 0 heterocycles. The number of nitrogens with zero attached hydrogens (tertiary/aromatic N) is 1. The number of hydrogen-bond donors (Lipinski definition) is 1. The molecular weight excluding hydrogens is 837 g/mol. The third kappa shape index (κ3) is 9.74. The Morgan fingerprint density at radius 1 is 0.655 bits per heavy atom.